The summed E-state index contributed by atoms with van der Waals surface area (Å²) in [6.07, 6.45) is 0.757. The van der Waals surface area contributed by atoms with Gasteiger partial charge in [-0.05, 0) is 43.4 Å². The number of nitrogens with one attached hydrogen (secondary N) is 2. The van der Waals surface area contributed by atoms with E-state index in [0.29, 0.717) is 12.5 Å². The van der Waals surface area contributed by atoms with Crippen LogP contribution < -0.4 is 15.4 Å². The maximum atomic E-state index is 11.5. The van der Waals surface area contributed by atoms with E-state index >= 15 is 0 Å². The molecule has 4 nitrogen and oxygen atoms in total. The molecule has 20 heavy (non-hydrogen) atoms. The Bertz CT molecular complexity index is 442. The van der Waals surface area contributed by atoms with E-state index in [-0.39, 0.29) is 12.1 Å². The van der Waals surface area contributed by atoms with E-state index in [1.807, 2.05) is 13.8 Å². The van der Waals surface area contributed by atoms with Crippen molar-refractivity contribution in [3.63, 3.8) is 0 Å². The van der Waals surface area contributed by atoms with Crippen LogP contribution in [0.3, 0.4) is 0 Å². The molecule has 1 rings (SSSR count). The lowest BCUT2D eigenvalue weighted by Crippen LogP contribution is -2.40. The molecule has 0 saturated carbocycles. The summed E-state index contributed by atoms with van der Waals surface area (Å²) in [5, 5.41) is 5.65. The number of amides is 2. The molecule has 0 atom stereocenters. The average Bonchev–Trinajstić information content (AvgIpc) is 2.37. The molecule has 0 radical (unpaired) electrons. The van der Waals surface area contributed by atoms with E-state index in [9.17, 15) is 4.79 Å². The number of hydrogen-bond acceptors (Lipinski definition) is 2. The fraction of sp³-hybridized carbons (Fsp3) is 0.562. The van der Waals surface area contributed by atoms with Crippen molar-refractivity contribution in [2.24, 2.45) is 0 Å². The summed E-state index contributed by atoms with van der Waals surface area (Å²) >= 11 is 0. The highest BCUT2D eigenvalue weighted by Gasteiger charge is 2.08. The zero-order valence-corrected chi connectivity index (χ0v) is 13.1. The molecule has 0 saturated heterocycles. The van der Waals surface area contributed by atoms with Gasteiger partial charge in [0.15, 0.2) is 0 Å². The van der Waals surface area contributed by atoms with Gasteiger partial charge in [-0.1, -0.05) is 26.0 Å². The monoisotopic (exact) mass is 278 g/mol. The van der Waals surface area contributed by atoms with Gasteiger partial charge in [0.25, 0.3) is 0 Å². The first kappa shape index (κ1) is 16.3. The van der Waals surface area contributed by atoms with Gasteiger partial charge in [-0.15, -0.1) is 0 Å². The molecular formula is C16H26N2O2. The molecule has 0 aliphatic carbocycles. The first-order valence-electron chi connectivity index (χ1n) is 7.15. The number of urea groups is 1. The summed E-state index contributed by atoms with van der Waals surface area (Å²) in [4.78, 5) is 11.5. The van der Waals surface area contributed by atoms with Crippen LogP contribution in [-0.2, 0) is 6.42 Å². The molecule has 0 fully saturated rings. The zero-order valence-electron chi connectivity index (χ0n) is 13.1. The molecule has 0 aliphatic heterocycles. The van der Waals surface area contributed by atoms with Gasteiger partial charge in [-0.25, -0.2) is 4.79 Å². The first-order chi connectivity index (χ1) is 9.43. The largest absolute Gasteiger partial charge is 0.496 e. The Morgan fingerprint density at radius 2 is 1.95 bits per heavy atom. The third kappa shape index (κ3) is 5.11. The highest BCUT2D eigenvalue weighted by atomic mass is 16.5. The Morgan fingerprint density at radius 1 is 1.25 bits per heavy atom. The summed E-state index contributed by atoms with van der Waals surface area (Å²) in [6, 6.07) is 6.30. The van der Waals surface area contributed by atoms with Gasteiger partial charge in [-0.2, -0.15) is 0 Å². The molecule has 0 aliphatic rings. The number of benzene rings is 1. The van der Waals surface area contributed by atoms with Crippen molar-refractivity contribution in [3.05, 3.63) is 29.3 Å². The summed E-state index contributed by atoms with van der Waals surface area (Å²) in [7, 11) is 1.68. The first-order valence-corrected chi connectivity index (χ1v) is 7.15. The summed E-state index contributed by atoms with van der Waals surface area (Å²) in [5.41, 5.74) is 2.37. The van der Waals surface area contributed by atoms with E-state index in [4.69, 9.17) is 4.74 Å². The Kier molecular flexibility index (Phi) is 6.36. The molecule has 2 N–H and O–H groups in total. The van der Waals surface area contributed by atoms with Crippen LogP contribution in [0, 0.1) is 0 Å². The third-order valence-electron chi connectivity index (χ3n) is 3.08. The highest BCUT2D eigenvalue weighted by molar-refractivity contribution is 5.74. The molecule has 0 heterocycles. The van der Waals surface area contributed by atoms with E-state index in [1.54, 1.807) is 7.11 Å². The van der Waals surface area contributed by atoms with Gasteiger partial charge in [0, 0.05) is 12.6 Å². The van der Waals surface area contributed by atoms with E-state index in [0.717, 1.165) is 17.7 Å². The SMILES string of the molecule is COc1cc(C(C)C)ccc1CCNC(=O)NC(C)C. The van der Waals surface area contributed by atoms with Crippen LogP contribution in [0.4, 0.5) is 4.79 Å². The lowest BCUT2D eigenvalue weighted by Gasteiger charge is -2.14. The number of hydrogen-bond donors (Lipinski definition) is 2. The lowest BCUT2D eigenvalue weighted by molar-refractivity contribution is 0.238. The molecule has 1 aromatic carbocycles. The smallest absolute Gasteiger partial charge is 0.314 e. The summed E-state index contributed by atoms with van der Waals surface area (Å²) < 4.78 is 5.43. The van der Waals surface area contributed by atoms with Crippen molar-refractivity contribution >= 4 is 6.03 Å². The quantitative estimate of drug-likeness (QED) is 0.840. The van der Waals surface area contributed by atoms with Crippen LogP contribution in [0.2, 0.25) is 0 Å². The predicted octanol–water partition coefficient (Wildman–Crippen LogP) is 3.07. The highest BCUT2D eigenvalue weighted by Crippen LogP contribution is 2.24. The topological polar surface area (TPSA) is 50.4 Å². The Balaban J connectivity index is 2.57. The van der Waals surface area contributed by atoms with Crippen LogP contribution in [0.1, 0.15) is 44.7 Å². The molecule has 112 valence electrons. The van der Waals surface area contributed by atoms with Crippen LogP contribution in [-0.4, -0.2) is 25.7 Å². The van der Waals surface area contributed by atoms with E-state index in [2.05, 4.69) is 42.7 Å². The molecular weight excluding hydrogens is 252 g/mol. The number of carbonyl (C=O) groups is 1. The Morgan fingerprint density at radius 3 is 2.50 bits per heavy atom. The van der Waals surface area contributed by atoms with Crippen molar-refractivity contribution in [1.82, 2.24) is 10.6 Å². The second kappa shape index (κ2) is 7.78. The Labute approximate surface area is 121 Å². The van der Waals surface area contributed by atoms with Crippen LogP contribution >= 0.6 is 0 Å². The minimum absolute atomic E-state index is 0.127. The van der Waals surface area contributed by atoms with Gasteiger partial charge >= 0.3 is 6.03 Å². The number of methoxy groups -OCH3 is 1. The van der Waals surface area contributed by atoms with Gasteiger partial charge in [0.05, 0.1) is 7.11 Å². The van der Waals surface area contributed by atoms with Crippen molar-refractivity contribution < 1.29 is 9.53 Å². The maximum absolute atomic E-state index is 11.5. The van der Waals surface area contributed by atoms with Gasteiger partial charge in [-0.3, -0.25) is 0 Å². The van der Waals surface area contributed by atoms with Gasteiger partial charge in [0.1, 0.15) is 5.75 Å². The zero-order chi connectivity index (χ0) is 15.1. The fourth-order valence-electron chi connectivity index (χ4n) is 1.95. The summed E-state index contributed by atoms with van der Waals surface area (Å²) in [5.74, 6) is 1.37. The fourth-order valence-corrected chi connectivity index (χ4v) is 1.95. The molecule has 0 spiro atoms. The minimum Gasteiger partial charge on any atom is -0.496 e. The van der Waals surface area contributed by atoms with Crippen molar-refractivity contribution in [2.75, 3.05) is 13.7 Å². The van der Waals surface area contributed by atoms with Crippen LogP contribution in [0.15, 0.2) is 18.2 Å². The third-order valence-corrected chi connectivity index (χ3v) is 3.08. The normalized spacial score (nSPS) is 10.8. The molecule has 2 amide bonds. The van der Waals surface area contributed by atoms with Crippen molar-refractivity contribution in [1.29, 1.82) is 0 Å². The molecule has 4 heteroatoms. The minimum atomic E-state index is -0.127. The van der Waals surface area contributed by atoms with Crippen LogP contribution in [0.25, 0.3) is 0 Å². The lowest BCUT2D eigenvalue weighted by atomic mass is 10.00. The second-order valence-corrected chi connectivity index (χ2v) is 5.53. The Hall–Kier alpha value is -1.71. The number of ether oxygens (including phenoxy) is 1. The van der Waals surface area contributed by atoms with Gasteiger partial charge < -0.3 is 15.4 Å². The molecule has 0 bridgehead atoms. The van der Waals surface area contributed by atoms with Crippen molar-refractivity contribution in [2.45, 2.75) is 46.1 Å². The van der Waals surface area contributed by atoms with Gasteiger partial charge in [0.2, 0.25) is 0 Å². The average molecular weight is 278 g/mol. The van der Waals surface area contributed by atoms with E-state index < -0.39 is 0 Å². The second-order valence-electron chi connectivity index (χ2n) is 5.53. The molecule has 0 unspecified atom stereocenters. The van der Waals surface area contributed by atoms with Crippen molar-refractivity contribution in [3.8, 4) is 5.75 Å². The number of rotatable bonds is 6. The van der Waals surface area contributed by atoms with Crippen LogP contribution in [0.5, 0.6) is 5.75 Å². The predicted molar refractivity (Wildman–Crippen MR) is 82.5 cm³/mol. The number of carbonyl (C=O) groups excluding carboxylic acids is 1. The maximum Gasteiger partial charge on any atom is 0.314 e. The summed E-state index contributed by atoms with van der Waals surface area (Å²) in [6.45, 7) is 8.79. The molecule has 1 aromatic rings. The van der Waals surface area contributed by atoms with E-state index in [1.165, 1.54) is 5.56 Å². The molecule has 0 aromatic heterocycles. The standard InChI is InChI=1S/C16H26N2O2/c1-11(2)14-7-6-13(15(10-14)20-5)8-9-17-16(19)18-12(3)4/h6-7,10-12H,8-9H2,1-5H3,(H2,17,18,19).